The van der Waals surface area contributed by atoms with E-state index in [9.17, 15) is 0 Å². The van der Waals surface area contributed by atoms with E-state index >= 15 is 0 Å². The standard InChI is InChI=1S/C7H13BO3/c1-4-6-10-8(9-3)11-7-5-2/h4-5H,1-2,6-7H2,3H3. The van der Waals surface area contributed by atoms with Gasteiger partial charge in [-0.2, -0.15) is 0 Å². The fourth-order valence-electron chi connectivity index (χ4n) is 0.477. The predicted molar refractivity (Wildman–Crippen MR) is 45.1 cm³/mol. The molecule has 0 aromatic rings. The molecule has 62 valence electrons. The molecule has 0 fully saturated rings. The van der Waals surface area contributed by atoms with Crippen LogP contribution in [0.25, 0.3) is 0 Å². The molecule has 0 aromatic carbocycles. The smallest absolute Gasteiger partial charge is 0.389 e. The van der Waals surface area contributed by atoms with Crippen molar-refractivity contribution in [1.29, 1.82) is 0 Å². The van der Waals surface area contributed by atoms with Crippen LogP contribution in [0, 0.1) is 0 Å². The van der Waals surface area contributed by atoms with Gasteiger partial charge in [0.1, 0.15) is 0 Å². The van der Waals surface area contributed by atoms with Gasteiger partial charge in [-0.1, -0.05) is 12.2 Å². The van der Waals surface area contributed by atoms with Gasteiger partial charge in [0, 0.05) is 7.11 Å². The molecule has 0 rings (SSSR count). The van der Waals surface area contributed by atoms with Crippen LogP contribution in [0.5, 0.6) is 0 Å². The lowest BCUT2D eigenvalue weighted by Gasteiger charge is -2.08. The summed E-state index contributed by atoms with van der Waals surface area (Å²) in [6.07, 6.45) is 3.26. The quantitative estimate of drug-likeness (QED) is 0.406. The minimum Gasteiger partial charge on any atom is -0.389 e. The molecule has 0 aliphatic carbocycles. The highest BCUT2D eigenvalue weighted by Gasteiger charge is 2.16. The largest absolute Gasteiger partial charge is 0.639 e. The van der Waals surface area contributed by atoms with E-state index in [4.69, 9.17) is 14.0 Å². The summed E-state index contributed by atoms with van der Waals surface area (Å²) in [6, 6.07) is 0. The van der Waals surface area contributed by atoms with Crippen LogP contribution in [-0.2, 0) is 14.0 Å². The maximum Gasteiger partial charge on any atom is 0.639 e. The maximum atomic E-state index is 5.03. The Kier molecular flexibility index (Phi) is 7.14. The van der Waals surface area contributed by atoms with Crippen LogP contribution < -0.4 is 0 Å². The van der Waals surface area contributed by atoms with Crippen LogP contribution in [-0.4, -0.2) is 27.6 Å². The molecule has 0 unspecified atom stereocenters. The molecule has 0 saturated carbocycles. The van der Waals surface area contributed by atoms with Gasteiger partial charge in [-0.05, 0) is 0 Å². The third kappa shape index (κ3) is 5.85. The molecule has 0 heterocycles. The number of hydrogen-bond donors (Lipinski definition) is 0. The van der Waals surface area contributed by atoms with Crippen LogP contribution in [0.3, 0.4) is 0 Å². The molecule has 0 aliphatic rings. The van der Waals surface area contributed by atoms with Gasteiger partial charge in [-0.25, -0.2) is 0 Å². The lowest BCUT2D eigenvalue weighted by Crippen LogP contribution is -2.25. The average molecular weight is 156 g/mol. The zero-order chi connectivity index (χ0) is 8.53. The first-order valence-electron chi connectivity index (χ1n) is 3.33. The first kappa shape index (κ1) is 10.4. The van der Waals surface area contributed by atoms with E-state index in [1.807, 2.05) is 0 Å². The molecular weight excluding hydrogens is 143 g/mol. The molecule has 0 radical (unpaired) electrons. The molecule has 4 heteroatoms. The van der Waals surface area contributed by atoms with Crippen LogP contribution in [0.1, 0.15) is 0 Å². The first-order valence-corrected chi connectivity index (χ1v) is 3.33. The minimum absolute atomic E-state index is 0.412. The fraction of sp³-hybridized carbons (Fsp3) is 0.429. The third-order valence-corrected chi connectivity index (χ3v) is 0.893. The Morgan fingerprint density at radius 3 is 1.91 bits per heavy atom. The summed E-state index contributed by atoms with van der Waals surface area (Å²) in [5, 5.41) is 0. The second-order valence-electron chi connectivity index (χ2n) is 1.77. The van der Waals surface area contributed by atoms with Gasteiger partial charge < -0.3 is 14.0 Å². The van der Waals surface area contributed by atoms with Crippen molar-refractivity contribution in [2.45, 2.75) is 0 Å². The normalized spacial score (nSPS) is 9.18. The molecule has 0 N–H and O–H groups in total. The van der Waals surface area contributed by atoms with Crippen LogP contribution in [0.2, 0.25) is 0 Å². The Morgan fingerprint density at radius 2 is 1.64 bits per heavy atom. The summed E-state index contributed by atoms with van der Waals surface area (Å²) in [5.74, 6) is 0. The second-order valence-corrected chi connectivity index (χ2v) is 1.77. The van der Waals surface area contributed by atoms with Crippen molar-refractivity contribution in [1.82, 2.24) is 0 Å². The Bertz CT molecular complexity index is 104. The van der Waals surface area contributed by atoms with Crippen molar-refractivity contribution in [2.75, 3.05) is 20.3 Å². The molecule has 11 heavy (non-hydrogen) atoms. The summed E-state index contributed by atoms with van der Waals surface area (Å²) < 4.78 is 14.9. The lowest BCUT2D eigenvalue weighted by atomic mass is 10.2. The van der Waals surface area contributed by atoms with E-state index in [2.05, 4.69) is 13.2 Å². The molecule has 3 nitrogen and oxygen atoms in total. The van der Waals surface area contributed by atoms with Gasteiger partial charge in [0.15, 0.2) is 0 Å². The molecular formula is C7H13BO3. The molecule has 0 bridgehead atoms. The molecule has 0 spiro atoms. The fourth-order valence-corrected chi connectivity index (χ4v) is 0.477. The van der Waals surface area contributed by atoms with E-state index in [1.54, 1.807) is 12.2 Å². The van der Waals surface area contributed by atoms with Crippen molar-refractivity contribution in [3.05, 3.63) is 25.3 Å². The zero-order valence-electron chi connectivity index (χ0n) is 6.79. The van der Waals surface area contributed by atoms with Gasteiger partial charge in [0.2, 0.25) is 0 Å². The lowest BCUT2D eigenvalue weighted by molar-refractivity contribution is 0.135. The Hall–Kier alpha value is -0.575. The Morgan fingerprint density at radius 1 is 1.18 bits per heavy atom. The summed E-state index contributed by atoms with van der Waals surface area (Å²) in [4.78, 5) is 0. The van der Waals surface area contributed by atoms with Crippen molar-refractivity contribution in [3.63, 3.8) is 0 Å². The molecule has 0 atom stereocenters. The SMILES string of the molecule is C=CCOB(OC)OCC=C. The van der Waals surface area contributed by atoms with E-state index in [1.165, 1.54) is 7.11 Å². The highest BCUT2D eigenvalue weighted by molar-refractivity contribution is 6.36. The third-order valence-electron chi connectivity index (χ3n) is 0.893. The zero-order valence-corrected chi connectivity index (χ0v) is 6.79. The molecule has 0 aromatic heterocycles. The summed E-state index contributed by atoms with van der Waals surface area (Å²) >= 11 is 0. The molecule has 0 amide bonds. The Labute approximate surface area is 67.8 Å². The van der Waals surface area contributed by atoms with E-state index in [0.29, 0.717) is 13.2 Å². The van der Waals surface area contributed by atoms with Gasteiger partial charge in [0.25, 0.3) is 0 Å². The minimum atomic E-state index is -0.619. The van der Waals surface area contributed by atoms with E-state index in [0.717, 1.165) is 0 Å². The maximum absolute atomic E-state index is 5.03. The van der Waals surface area contributed by atoms with Gasteiger partial charge >= 0.3 is 7.32 Å². The topological polar surface area (TPSA) is 27.7 Å². The monoisotopic (exact) mass is 156 g/mol. The van der Waals surface area contributed by atoms with Gasteiger partial charge in [-0.3, -0.25) is 0 Å². The predicted octanol–water partition coefficient (Wildman–Crippen LogP) is 1.02. The number of hydrogen-bond acceptors (Lipinski definition) is 3. The van der Waals surface area contributed by atoms with E-state index in [-0.39, 0.29) is 0 Å². The summed E-state index contributed by atoms with van der Waals surface area (Å²) in [6.45, 7) is 7.81. The van der Waals surface area contributed by atoms with Crippen LogP contribution >= 0.6 is 0 Å². The first-order chi connectivity index (χ1) is 5.35. The highest BCUT2D eigenvalue weighted by atomic mass is 16.7. The second kappa shape index (κ2) is 7.53. The van der Waals surface area contributed by atoms with Gasteiger partial charge in [-0.15, -0.1) is 13.2 Å². The van der Waals surface area contributed by atoms with Crippen LogP contribution in [0.15, 0.2) is 25.3 Å². The Balaban J connectivity index is 3.39. The van der Waals surface area contributed by atoms with Gasteiger partial charge in [0.05, 0.1) is 13.2 Å². The molecule has 0 saturated heterocycles. The summed E-state index contributed by atoms with van der Waals surface area (Å²) in [7, 11) is 0.891. The summed E-state index contributed by atoms with van der Waals surface area (Å²) in [5.41, 5.74) is 0. The number of rotatable bonds is 7. The van der Waals surface area contributed by atoms with Crippen molar-refractivity contribution >= 4 is 7.32 Å². The van der Waals surface area contributed by atoms with Crippen LogP contribution in [0.4, 0.5) is 0 Å². The van der Waals surface area contributed by atoms with Crippen molar-refractivity contribution in [3.8, 4) is 0 Å². The highest BCUT2D eigenvalue weighted by Crippen LogP contribution is 1.90. The van der Waals surface area contributed by atoms with Crippen molar-refractivity contribution < 1.29 is 14.0 Å². The van der Waals surface area contributed by atoms with Crippen molar-refractivity contribution in [2.24, 2.45) is 0 Å². The van der Waals surface area contributed by atoms with E-state index < -0.39 is 7.32 Å². The average Bonchev–Trinajstić information content (AvgIpc) is 2.05. The molecule has 0 aliphatic heterocycles.